The van der Waals surface area contributed by atoms with Crippen LogP contribution in [0.15, 0.2) is 18.6 Å². The Kier molecular flexibility index (Phi) is 4.74. The third-order valence-corrected chi connectivity index (χ3v) is 5.00. The van der Waals surface area contributed by atoms with Crippen LogP contribution in [0.1, 0.15) is 44.9 Å². The lowest BCUT2D eigenvalue weighted by atomic mass is 9.95. The highest BCUT2D eigenvalue weighted by Gasteiger charge is 2.17. The van der Waals surface area contributed by atoms with Crippen LogP contribution in [0.25, 0.3) is 10.9 Å². The van der Waals surface area contributed by atoms with Crippen molar-refractivity contribution in [1.82, 2.24) is 15.0 Å². The first-order valence-electron chi connectivity index (χ1n) is 9.11. The molecule has 2 aliphatic rings. The molecule has 0 spiro atoms. The van der Waals surface area contributed by atoms with Gasteiger partial charge in [-0.1, -0.05) is 19.3 Å². The normalized spacial score (nSPS) is 21.9. The second-order valence-electron chi connectivity index (χ2n) is 6.80. The zero-order chi connectivity index (χ0) is 16.2. The molecule has 0 radical (unpaired) electrons. The monoisotopic (exact) mass is 327 g/mol. The van der Waals surface area contributed by atoms with Crippen molar-refractivity contribution in [3.63, 3.8) is 0 Å². The smallest absolute Gasteiger partial charge is 0.137 e. The Morgan fingerprint density at radius 2 is 1.96 bits per heavy atom. The second kappa shape index (κ2) is 7.30. The SMILES string of the molecule is c1nc(NC2CCCCC2)c2cc(NCC3CCCO3)ncc2n1. The van der Waals surface area contributed by atoms with Crippen molar-refractivity contribution in [2.75, 3.05) is 23.8 Å². The second-order valence-corrected chi connectivity index (χ2v) is 6.80. The van der Waals surface area contributed by atoms with Gasteiger partial charge in [-0.3, -0.25) is 0 Å². The minimum Gasteiger partial charge on any atom is -0.376 e. The van der Waals surface area contributed by atoms with Crippen molar-refractivity contribution in [1.29, 1.82) is 0 Å². The largest absolute Gasteiger partial charge is 0.376 e. The number of aromatic nitrogens is 3. The van der Waals surface area contributed by atoms with Gasteiger partial charge in [0, 0.05) is 24.6 Å². The Morgan fingerprint density at radius 3 is 2.79 bits per heavy atom. The Morgan fingerprint density at radius 1 is 1.04 bits per heavy atom. The van der Waals surface area contributed by atoms with Gasteiger partial charge in [0.05, 0.1) is 17.8 Å². The molecular weight excluding hydrogens is 302 g/mol. The van der Waals surface area contributed by atoms with Crippen molar-refractivity contribution in [2.24, 2.45) is 0 Å². The van der Waals surface area contributed by atoms with E-state index in [2.05, 4.69) is 31.7 Å². The molecule has 4 rings (SSSR count). The molecule has 2 N–H and O–H groups in total. The zero-order valence-corrected chi connectivity index (χ0v) is 14.0. The molecule has 1 unspecified atom stereocenters. The van der Waals surface area contributed by atoms with Gasteiger partial charge < -0.3 is 15.4 Å². The summed E-state index contributed by atoms with van der Waals surface area (Å²) in [5.74, 6) is 1.79. The van der Waals surface area contributed by atoms with Crippen LogP contribution in [-0.4, -0.2) is 40.2 Å². The fraction of sp³-hybridized carbons (Fsp3) is 0.611. The average Bonchev–Trinajstić information content (AvgIpc) is 3.15. The van der Waals surface area contributed by atoms with Gasteiger partial charge in [-0.15, -0.1) is 0 Å². The van der Waals surface area contributed by atoms with E-state index < -0.39 is 0 Å². The molecule has 2 fully saturated rings. The molecule has 3 heterocycles. The van der Waals surface area contributed by atoms with Crippen LogP contribution in [0.5, 0.6) is 0 Å². The maximum absolute atomic E-state index is 5.66. The molecule has 1 atom stereocenters. The summed E-state index contributed by atoms with van der Waals surface area (Å²) in [5, 5.41) is 8.04. The Balaban J connectivity index is 1.51. The summed E-state index contributed by atoms with van der Waals surface area (Å²) < 4.78 is 5.66. The Labute approximate surface area is 142 Å². The molecule has 6 heteroatoms. The first-order chi connectivity index (χ1) is 11.9. The highest BCUT2D eigenvalue weighted by atomic mass is 16.5. The molecule has 1 aliphatic heterocycles. The van der Waals surface area contributed by atoms with E-state index in [1.54, 1.807) is 6.33 Å². The minimum absolute atomic E-state index is 0.300. The summed E-state index contributed by atoms with van der Waals surface area (Å²) in [4.78, 5) is 13.3. The van der Waals surface area contributed by atoms with E-state index in [-0.39, 0.29) is 0 Å². The van der Waals surface area contributed by atoms with Gasteiger partial charge >= 0.3 is 0 Å². The fourth-order valence-corrected chi connectivity index (χ4v) is 3.63. The summed E-state index contributed by atoms with van der Waals surface area (Å²) in [7, 11) is 0. The van der Waals surface area contributed by atoms with Gasteiger partial charge in [0.25, 0.3) is 0 Å². The van der Waals surface area contributed by atoms with Gasteiger partial charge in [-0.2, -0.15) is 0 Å². The van der Waals surface area contributed by atoms with Crippen LogP contribution < -0.4 is 10.6 Å². The molecule has 2 aromatic rings. The van der Waals surface area contributed by atoms with Gasteiger partial charge in [0.15, 0.2) is 0 Å². The molecule has 24 heavy (non-hydrogen) atoms. The fourth-order valence-electron chi connectivity index (χ4n) is 3.63. The van der Waals surface area contributed by atoms with Crippen molar-refractivity contribution < 1.29 is 4.74 Å². The summed E-state index contributed by atoms with van der Waals surface area (Å²) in [6.45, 7) is 1.68. The molecular formula is C18H25N5O. The van der Waals surface area contributed by atoms with Crippen molar-refractivity contribution in [3.05, 3.63) is 18.6 Å². The van der Waals surface area contributed by atoms with Gasteiger partial charge in [0.2, 0.25) is 0 Å². The highest BCUT2D eigenvalue weighted by Crippen LogP contribution is 2.26. The number of rotatable bonds is 5. The third-order valence-electron chi connectivity index (χ3n) is 5.00. The molecule has 0 amide bonds. The number of hydrogen-bond acceptors (Lipinski definition) is 6. The maximum Gasteiger partial charge on any atom is 0.137 e. The van der Waals surface area contributed by atoms with E-state index in [0.717, 1.165) is 48.5 Å². The lowest BCUT2D eigenvalue weighted by molar-refractivity contribution is 0.120. The van der Waals surface area contributed by atoms with Crippen LogP contribution >= 0.6 is 0 Å². The van der Waals surface area contributed by atoms with E-state index in [1.807, 2.05) is 6.20 Å². The predicted molar refractivity (Wildman–Crippen MR) is 95.3 cm³/mol. The lowest BCUT2D eigenvalue weighted by Crippen LogP contribution is -2.23. The van der Waals surface area contributed by atoms with E-state index in [9.17, 15) is 0 Å². The van der Waals surface area contributed by atoms with E-state index in [4.69, 9.17) is 4.74 Å². The number of hydrogen-bond donors (Lipinski definition) is 2. The molecule has 128 valence electrons. The molecule has 6 nitrogen and oxygen atoms in total. The predicted octanol–water partition coefficient (Wildman–Crippen LogP) is 3.36. The summed E-state index contributed by atoms with van der Waals surface area (Å²) in [5.41, 5.74) is 0.881. The lowest BCUT2D eigenvalue weighted by Gasteiger charge is -2.23. The van der Waals surface area contributed by atoms with Gasteiger partial charge in [-0.25, -0.2) is 15.0 Å². The average molecular weight is 327 g/mol. The van der Waals surface area contributed by atoms with Crippen LogP contribution in [0.4, 0.5) is 11.6 Å². The quantitative estimate of drug-likeness (QED) is 0.877. The topological polar surface area (TPSA) is 72.0 Å². The first-order valence-corrected chi connectivity index (χ1v) is 9.11. The van der Waals surface area contributed by atoms with Crippen LogP contribution in [0.3, 0.4) is 0 Å². The van der Waals surface area contributed by atoms with E-state index in [1.165, 1.54) is 32.1 Å². The molecule has 0 bridgehead atoms. The number of anilines is 2. The molecule has 1 saturated carbocycles. The Bertz CT molecular complexity index is 680. The summed E-state index contributed by atoms with van der Waals surface area (Å²) >= 11 is 0. The maximum atomic E-state index is 5.66. The third kappa shape index (κ3) is 3.59. The molecule has 1 saturated heterocycles. The summed E-state index contributed by atoms with van der Waals surface area (Å²) in [6.07, 6.45) is 12.4. The van der Waals surface area contributed by atoms with Crippen LogP contribution in [0, 0.1) is 0 Å². The highest BCUT2D eigenvalue weighted by molar-refractivity contribution is 5.90. The minimum atomic E-state index is 0.300. The van der Waals surface area contributed by atoms with Gasteiger partial charge in [0.1, 0.15) is 18.0 Å². The number of nitrogens with zero attached hydrogens (tertiary/aromatic N) is 3. The van der Waals surface area contributed by atoms with Gasteiger partial charge in [-0.05, 0) is 31.7 Å². The van der Waals surface area contributed by atoms with Crippen LogP contribution in [-0.2, 0) is 4.74 Å². The van der Waals surface area contributed by atoms with Crippen LogP contribution in [0.2, 0.25) is 0 Å². The summed E-state index contributed by atoms with van der Waals surface area (Å²) in [6, 6.07) is 2.57. The molecule has 1 aliphatic carbocycles. The number of pyridine rings is 1. The molecule has 0 aromatic carbocycles. The number of nitrogens with one attached hydrogen (secondary N) is 2. The zero-order valence-electron chi connectivity index (χ0n) is 14.0. The first kappa shape index (κ1) is 15.6. The number of fused-ring (bicyclic) bond motifs is 1. The van der Waals surface area contributed by atoms with Crippen molar-refractivity contribution in [3.8, 4) is 0 Å². The van der Waals surface area contributed by atoms with E-state index in [0.29, 0.717) is 12.1 Å². The van der Waals surface area contributed by atoms with Crippen molar-refractivity contribution in [2.45, 2.75) is 57.1 Å². The Hall–Kier alpha value is -1.95. The van der Waals surface area contributed by atoms with E-state index >= 15 is 0 Å². The molecule has 2 aromatic heterocycles. The standard InChI is InChI=1S/C18H25N5O/c1-2-5-13(6-3-1)23-18-15-9-17(19-10-14-7-4-8-24-14)20-11-16(15)21-12-22-18/h9,11-14H,1-8,10H2,(H,19,20)(H,21,22,23). The van der Waals surface area contributed by atoms with Crippen molar-refractivity contribution >= 4 is 22.5 Å². The number of ether oxygens (including phenoxy) is 1.